The lowest BCUT2D eigenvalue weighted by atomic mass is 9.86. The fourth-order valence-corrected chi connectivity index (χ4v) is 4.30. The van der Waals surface area contributed by atoms with Crippen LogP contribution in [0.1, 0.15) is 50.7 Å². The SMILES string of the molecule is Cc1ccc(S(=O)(=O)NCC(=O)O[C@H](C)C(=O)N[C@@H]2CCCC[C@@H]2C)cc1C. The Hall–Kier alpha value is -1.93. The topological polar surface area (TPSA) is 102 Å². The molecule has 8 heteroatoms. The zero-order chi connectivity index (χ0) is 20.9. The summed E-state index contributed by atoms with van der Waals surface area (Å²) < 4.78 is 31.9. The van der Waals surface area contributed by atoms with Gasteiger partial charge in [0.25, 0.3) is 5.91 Å². The Morgan fingerprint density at radius 1 is 1.18 bits per heavy atom. The maximum atomic E-state index is 12.3. The molecule has 1 amide bonds. The van der Waals surface area contributed by atoms with E-state index < -0.39 is 28.6 Å². The molecular formula is C20H30N2O5S. The van der Waals surface area contributed by atoms with E-state index in [1.54, 1.807) is 12.1 Å². The highest BCUT2D eigenvalue weighted by Gasteiger charge is 2.26. The van der Waals surface area contributed by atoms with Crippen molar-refractivity contribution in [1.29, 1.82) is 0 Å². The maximum Gasteiger partial charge on any atom is 0.321 e. The largest absolute Gasteiger partial charge is 0.452 e. The fraction of sp³-hybridized carbons (Fsp3) is 0.600. The number of carbonyl (C=O) groups is 2. The third-order valence-electron chi connectivity index (χ3n) is 5.31. The third-order valence-corrected chi connectivity index (χ3v) is 6.71. The quantitative estimate of drug-likeness (QED) is 0.671. The summed E-state index contributed by atoms with van der Waals surface area (Å²) in [7, 11) is -3.83. The minimum absolute atomic E-state index is 0.0838. The van der Waals surface area contributed by atoms with Crippen molar-refractivity contribution in [3.8, 4) is 0 Å². The van der Waals surface area contributed by atoms with Gasteiger partial charge >= 0.3 is 5.97 Å². The lowest BCUT2D eigenvalue weighted by Crippen LogP contribution is -2.46. The summed E-state index contributed by atoms with van der Waals surface area (Å²) in [6, 6.07) is 4.83. The van der Waals surface area contributed by atoms with Crippen LogP contribution in [0.15, 0.2) is 23.1 Å². The predicted molar refractivity (Wildman–Crippen MR) is 106 cm³/mol. The van der Waals surface area contributed by atoms with Gasteiger partial charge in [-0.2, -0.15) is 4.72 Å². The standard InChI is InChI=1S/C20H30N2O5S/c1-13-9-10-17(11-15(13)3)28(25,26)21-12-19(23)27-16(4)20(24)22-18-8-6-5-7-14(18)2/h9-11,14,16,18,21H,5-8,12H2,1-4H3,(H,22,24)/t14-,16+,18+/m0/s1. The number of hydrogen-bond acceptors (Lipinski definition) is 5. The molecule has 0 heterocycles. The van der Waals surface area contributed by atoms with E-state index >= 15 is 0 Å². The molecule has 2 rings (SSSR count). The van der Waals surface area contributed by atoms with Gasteiger partial charge in [0.2, 0.25) is 10.0 Å². The first-order chi connectivity index (χ1) is 13.1. The molecule has 7 nitrogen and oxygen atoms in total. The average molecular weight is 411 g/mol. The second-order valence-electron chi connectivity index (χ2n) is 7.58. The second-order valence-corrected chi connectivity index (χ2v) is 9.35. The van der Waals surface area contributed by atoms with Crippen LogP contribution in [0.2, 0.25) is 0 Å². The first-order valence-electron chi connectivity index (χ1n) is 9.67. The molecule has 0 saturated heterocycles. The van der Waals surface area contributed by atoms with Crippen LogP contribution in [0.25, 0.3) is 0 Å². The number of esters is 1. The summed E-state index contributed by atoms with van der Waals surface area (Å²) in [5.41, 5.74) is 1.82. The van der Waals surface area contributed by atoms with Crippen molar-refractivity contribution in [2.75, 3.05) is 6.54 Å². The van der Waals surface area contributed by atoms with Crippen molar-refractivity contribution in [3.05, 3.63) is 29.3 Å². The van der Waals surface area contributed by atoms with Gasteiger partial charge in [-0.25, -0.2) is 8.42 Å². The van der Waals surface area contributed by atoms with Gasteiger partial charge in [-0.05, 0) is 62.8 Å². The van der Waals surface area contributed by atoms with Crippen molar-refractivity contribution >= 4 is 21.9 Å². The Morgan fingerprint density at radius 2 is 1.86 bits per heavy atom. The number of aryl methyl sites for hydroxylation is 2. The molecule has 2 N–H and O–H groups in total. The van der Waals surface area contributed by atoms with E-state index in [0.29, 0.717) is 5.92 Å². The predicted octanol–water partition coefficient (Wildman–Crippen LogP) is 2.21. The Bertz CT molecular complexity index is 822. The van der Waals surface area contributed by atoms with Gasteiger partial charge in [-0.1, -0.05) is 25.8 Å². The van der Waals surface area contributed by atoms with E-state index in [1.165, 1.54) is 19.4 Å². The van der Waals surface area contributed by atoms with Crippen LogP contribution in [0.3, 0.4) is 0 Å². The molecule has 156 valence electrons. The van der Waals surface area contributed by atoms with E-state index in [9.17, 15) is 18.0 Å². The molecule has 0 unspecified atom stereocenters. The number of amides is 1. The molecule has 0 aromatic heterocycles. The summed E-state index contributed by atoms with van der Waals surface area (Å²) in [5, 5.41) is 2.93. The van der Waals surface area contributed by atoms with Crippen LogP contribution in [0, 0.1) is 19.8 Å². The van der Waals surface area contributed by atoms with Crippen molar-refractivity contribution < 1.29 is 22.7 Å². The Kier molecular flexibility index (Phi) is 7.60. The zero-order valence-electron chi connectivity index (χ0n) is 16.9. The minimum atomic E-state index is -3.83. The Morgan fingerprint density at radius 3 is 2.50 bits per heavy atom. The van der Waals surface area contributed by atoms with E-state index in [2.05, 4.69) is 17.0 Å². The van der Waals surface area contributed by atoms with Gasteiger partial charge < -0.3 is 10.1 Å². The van der Waals surface area contributed by atoms with Crippen molar-refractivity contribution in [3.63, 3.8) is 0 Å². The number of hydrogen-bond donors (Lipinski definition) is 2. The van der Waals surface area contributed by atoms with Gasteiger partial charge in [0.05, 0.1) is 4.90 Å². The number of benzene rings is 1. The normalized spacial score (nSPS) is 21.0. The molecule has 1 aliphatic carbocycles. The van der Waals surface area contributed by atoms with Crippen LogP contribution < -0.4 is 10.0 Å². The highest BCUT2D eigenvalue weighted by Crippen LogP contribution is 2.23. The Labute approximate surface area is 167 Å². The van der Waals surface area contributed by atoms with Crippen LogP contribution >= 0.6 is 0 Å². The molecule has 1 saturated carbocycles. The van der Waals surface area contributed by atoms with Gasteiger partial charge in [0.15, 0.2) is 6.10 Å². The molecule has 1 aromatic rings. The lowest BCUT2D eigenvalue weighted by Gasteiger charge is -2.30. The second kappa shape index (κ2) is 9.52. The zero-order valence-corrected chi connectivity index (χ0v) is 17.8. The van der Waals surface area contributed by atoms with Gasteiger partial charge in [0.1, 0.15) is 6.54 Å². The first-order valence-corrected chi connectivity index (χ1v) is 11.1. The van der Waals surface area contributed by atoms with Crippen LogP contribution in [0.4, 0.5) is 0 Å². The molecule has 0 aliphatic heterocycles. The molecule has 3 atom stereocenters. The van der Waals surface area contributed by atoms with Crippen molar-refractivity contribution in [2.45, 2.75) is 70.4 Å². The third kappa shape index (κ3) is 6.04. The first kappa shape index (κ1) is 22.4. The summed E-state index contributed by atoms with van der Waals surface area (Å²) in [6.07, 6.45) is 3.25. The highest BCUT2D eigenvalue weighted by atomic mass is 32.2. The smallest absolute Gasteiger partial charge is 0.321 e. The van der Waals surface area contributed by atoms with E-state index in [1.807, 2.05) is 13.8 Å². The molecule has 1 fully saturated rings. The van der Waals surface area contributed by atoms with E-state index in [-0.39, 0.29) is 16.8 Å². The molecular weight excluding hydrogens is 380 g/mol. The highest BCUT2D eigenvalue weighted by molar-refractivity contribution is 7.89. The van der Waals surface area contributed by atoms with E-state index in [0.717, 1.165) is 30.4 Å². The number of sulfonamides is 1. The van der Waals surface area contributed by atoms with Gasteiger partial charge in [-0.15, -0.1) is 0 Å². The van der Waals surface area contributed by atoms with Crippen LogP contribution in [0.5, 0.6) is 0 Å². The average Bonchev–Trinajstić information content (AvgIpc) is 2.64. The number of ether oxygens (including phenoxy) is 1. The molecule has 0 radical (unpaired) electrons. The summed E-state index contributed by atoms with van der Waals surface area (Å²) in [4.78, 5) is 24.3. The fourth-order valence-electron chi connectivity index (χ4n) is 3.24. The van der Waals surface area contributed by atoms with Gasteiger partial charge in [0, 0.05) is 6.04 Å². The maximum absolute atomic E-state index is 12.3. The molecule has 0 spiro atoms. The van der Waals surface area contributed by atoms with Crippen LogP contribution in [-0.2, 0) is 24.3 Å². The van der Waals surface area contributed by atoms with Gasteiger partial charge in [-0.3, -0.25) is 9.59 Å². The van der Waals surface area contributed by atoms with E-state index in [4.69, 9.17) is 4.74 Å². The summed E-state index contributed by atoms with van der Waals surface area (Å²) in [5.74, 6) is -0.763. The molecule has 1 aliphatic rings. The number of rotatable bonds is 7. The molecule has 0 bridgehead atoms. The number of carbonyl (C=O) groups excluding carboxylic acids is 2. The molecule has 28 heavy (non-hydrogen) atoms. The van der Waals surface area contributed by atoms with Crippen LogP contribution in [-0.4, -0.2) is 39.0 Å². The lowest BCUT2D eigenvalue weighted by molar-refractivity contribution is -0.154. The monoisotopic (exact) mass is 410 g/mol. The number of nitrogens with one attached hydrogen (secondary N) is 2. The minimum Gasteiger partial charge on any atom is -0.452 e. The van der Waals surface area contributed by atoms with Crippen molar-refractivity contribution in [1.82, 2.24) is 10.0 Å². The molecule has 1 aromatic carbocycles. The van der Waals surface area contributed by atoms with Crippen molar-refractivity contribution in [2.24, 2.45) is 5.92 Å². The summed E-state index contributed by atoms with van der Waals surface area (Å²) >= 11 is 0. The summed E-state index contributed by atoms with van der Waals surface area (Å²) in [6.45, 7) is 6.75. The Balaban J connectivity index is 1.85.